The number of pyridine rings is 1. The Hall–Kier alpha value is -2.66. The Morgan fingerprint density at radius 1 is 1.09 bits per heavy atom. The van der Waals surface area contributed by atoms with Crippen molar-refractivity contribution in [3.05, 3.63) is 53.8 Å². The topological polar surface area (TPSA) is 65.0 Å². The molecule has 0 fully saturated rings. The molecule has 5 nitrogen and oxygen atoms in total. The van der Waals surface area contributed by atoms with Crippen molar-refractivity contribution in [2.45, 2.75) is 6.92 Å². The summed E-state index contributed by atoms with van der Waals surface area (Å²) in [5, 5.41) is 9.41. The molecule has 0 aliphatic rings. The molecule has 3 aromatic heterocycles. The SMILES string of the molecule is Cc1nnc(-c2ccc3occ(-c4ccncc4Cl)c3c2)o1. The van der Waals surface area contributed by atoms with E-state index < -0.39 is 0 Å². The van der Waals surface area contributed by atoms with Gasteiger partial charge >= 0.3 is 0 Å². The van der Waals surface area contributed by atoms with Crippen LogP contribution in [0.4, 0.5) is 0 Å². The van der Waals surface area contributed by atoms with Crippen molar-refractivity contribution in [3.8, 4) is 22.6 Å². The number of aryl methyl sites for hydroxylation is 1. The summed E-state index contributed by atoms with van der Waals surface area (Å²) in [7, 11) is 0. The monoisotopic (exact) mass is 311 g/mol. The molecular formula is C16H10ClN3O2. The van der Waals surface area contributed by atoms with Crippen molar-refractivity contribution in [2.24, 2.45) is 0 Å². The molecule has 0 radical (unpaired) electrons. The number of nitrogens with zero attached hydrogens (tertiary/aromatic N) is 3. The van der Waals surface area contributed by atoms with Crippen LogP contribution in [-0.4, -0.2) is 15.2 Å². The van der Waals surface area contributed by atoms with Gasteiger partial charge in [-0.25, -0.2) is 0 Å². The van der Waals surface area contributed by atoms with E-state index in [4.69, 9.17) is 20.4 Å². The van der Waals surface area contributed by atoms with E-state index in [1.165, 1.54) is 0 Å². The second kappa shape index (κ2) is 4.96. The Bertz CT molecular complexity index is 974. The summed E-state index contributed by atoms with van der Waals surface area (Å²) in [5.74, 6) is 1.01. The minimum Gasteiger partial charge on any atom is -0.464 e. The Labute approximate surface area is 130 Å². The van der Waals surface area contributed by atoms with Crippen molar-refractivity contribution >= 4 is 22.6 Å². The van der Waals surface area contributed by atoms with Crippen LogP contribution in [0, 0.1) is 6.92 Å². The largest absolute Gasteiger partial charge is 0.464 e. The molecule has 0 aliphatic heterocycles. The van der Waals surface area contributed by atoms with Crippen molar-refractivity contribution in [1.29, 1.82) is 0 Å². The van der Waals surface area contributed by atoms with Crippen LogP contribution >= 0.6 is 11.6 Å². The second-order valence-electron chi connectivity index (χ2n) is 4.84. The van der Waals surface area contributed by atoms with Crippen LogP contribution in [0.1, 0.15) is 5.89 Å². The molecule has 1 aromatic carbocycles. The van der Waals surface area contributed by atoms with Gasteiger partial charge in [0.1, 0.15) is 5.58 Å². The van der Waals surface area contributed by atoms with Crippen LogP contribution in [0.5, 0.6) is 0 Å². The highest BCUT2D eigenvalue weighted by Gasteiger charge is 2.14. The van der Waals surface area contributed by atoms with E-state index in [1.807, 2.05) is 24.3 Å². The molecule has 0 unspecified atom stereocenters. The zero-order valence-corrected chi connectivity index (χ0v) is 12.3. The van der Waals surface area contributed by atoms with Gasteiger partial charge in [-0.05, 0) is 24.3 Å². The Morgan fingerprint density at radius 3 is 2.77 bits per heavy atom. The summed E-state index contributed by atoms with van der Waals surface area (Å²) in [4.78, 5) is 4.01. The van der Waals surface area contributed by atoms with Crippen LogP contribution in [0.15, 0.2) is 51.8 Å². The van der Waals surface area contributed by atoms with E-state index in [-0.39, 0.29) is 0 Å². The number of hydrogen-bond acceptors (Lipinski definition) is 5. The van der Waals surface area contributed by atoms with Crippen LogP contribution in [0.3, 0.4) is 0 Å². The van der Waals surface area contributed by atoms with E-state index in [2.05, 4.69) is 15.2 Å². The second-order valence-corrected chi connectivity index (χ2v) is 5.25. The number of furan rings is 1. The molecule has 108 valence electrons. The van der Waals surface area contributed by atoms with Crippen LogP contribution in [-0.2, 0) is 0 Å². The summed E-state index contributed by atoms with van der Waals surface area (Å²) in [6, 6.07) is 7.58. The van der Waals surface area contributed by atoms with Crippen LogP contribution < -0.4 is 0 Å². The zero-order valence-electron chi connectivity index (χ0n) is 11.6. The van der Waals surface area contributed by atoms with E-state index in [0.29, 0.717) is 16.8 Å². The minimum atomic E-state index is 0.479. The molecule has 0 atom stereocenters. The fourth-order valence-electron chi connectivity index (χ4n) is 2.38. The molecule has 22 heavy (non-hydrogen) atoms. The van der Waals surface area contributed by atoms with Gasteiger partial charge in [-0.15, -0.1) is 10.2 Å². The molecule has 0 amide bonds. The summed E-state index contributed by atoms with van der Waals surface area (Å²) < 4.78 is 11.1. The third-order valence-corrected chi connectivity index (χ3v) is 3.71. The van der Waals surface area contributed by atoms with Crippen molar-refractivity contribution in [1.82, 2.24) is 15.2 Å². The van der Waals surface area contributed by atoms with E-state index >= 15 is 0 Å². The third-order valence-electron chi connectivity index (χ3n) is 3.41. The van der Waals surface area contributed by atoms with Gasteiger partial charge in [0.15, 0.2) is 0 Å². The van der Waals surface area contributed by atoms with Gasteiger partial charge in [0.2, 0.25) is 11.8 Å². The number of aromatic nitrogens is 3. The standard InChI is InChI=1S/C16H10ClN3O2/c1-9-19-20-16(22-9)10-2-3-15-12(6-10)13(8-21-15)11-4-5-18-7-14(11)17/h2-8H,1H3. The third kappa shape index (κ3) is 2.07. The lowest BCUT2D eigenvalue weighted by molar-refractivity contribution is 0.533. The first-order valence-corrected chi connectivity index (χ1v) is 7.02. The first-order chi connectivity index (χ1) is 10.7. The van der Waals surface area contributed by atoms with Crippen molar-refractivity contribution in [2.75, 3.05) is 0 Å². The minimum absolute atomic E-state index is 0.479. The lowest BCUT2D eigenvalue weighted by atomic mass is 10.0. The lowest BCUT2D eigenvalue weighted by Gasteiger charge is -2.01. The molecule has 3 heterocycles. The van der Waals surface area contributed by atoms with Gasteiger partial charge < -0.3 is 8.83 Å². The summed E-state index contributed by atoms with van der Waals surface area (Å²) in [6.07, 6.45) is 5.00. The lowest BCUT2D eigenvalue weighted by Crippen LogP contribution is -1.81. The van der Waals surface area contributed by atoms with Crippen molar-refractivity contribution in [3.63, 3.8) is 0 Å². The van der Waals surface area contributed by atoms with Gasteiger partial charge in [0.25, 0.3) is 0 Å². The molecule has 0 N–H and O–H groups in total. The maximum Gasteiger partial charge on any atom is 0.247 e. The van der Waals surface area contributed by atoms with Crippen molar-refractivity contribution < 1.29 is 8.83 Å². The first kappa shape index (κ1) is 13.0. The average molecular weight is 312 g/mol. The quantitative estimate of drug-likeness (QED) is 0.545. The van der Waals surface area contributed by atoms with E-state index in [9.17, 15) is 0 Å². The maximum absolute atomic E-state index is 6.23. The highest BCUT2D eigenvalue weighted by atomic mass is 35.5. The highest BCUT2D eigenvalue weighted by molar-refractivity contribution is 6.33. The summed E-state index contributed by atoms with van der Waals surface area (Å²) in [5.41, 5.74) is 3.37. The predicted molar refractivity (Wildman–Crippen MR) is 82.5 cm³/mol. The number of hydrogen-bond donors (Lipinski definition) is 0. The van der Waals surface area contributed by atoms with Gasteiger partial charge in [-0.3, -0.25) is 4.98 Å². The number of rotatable bonds is 2. The molecule has 4 rings (SSSR count). The number of benzene rings is 1. The molecule has 0 saturated carbocycles. The van der Waals surface area contributed by atoms with Gasteiger partial charge in [-0.2, -0.15) is 0 Å². The normalized spacial score (nSPS) is 11.2. The summed E-state index contributed by atoms with van der Waals surface area (Å²) >= 11 is 6.23. The smallest absolute Gasteiger partial charge is 0.247 e. The highest BCUT2D eigenvalue weighted by Crippen LogP contribution is 2.36. The van der Waals surface area contributed by atoms with Crippen LogP contribution in [0.25, 0.3) is 33.6 Å². The zero-order chi connectivity index (χ0) is 15.1. The Morgan fingerprint density at radius 2 is 2.00 bits per heavy atom. The molecule has 0 aliphatic carbocycles. The van der Waals surface area contributed by atoms with Gasteiger partial charge in [0.05, 0.1) is 11.3 Å². The fourth-order valence-corrected chi connectivity index (χ4v) is 2.60. The number of fused-ring (bicyclic) bond motifs is 1. The summed E-state index contributed by atoms with van der Waals surface area (Å²) in [6.45, 7) is 1.76. The van der Waals surface area contributed by atoms with E-state index in [0.717, 1.165) is 27.7 Å². The number of halogens is 1. The molecule has 0 spiro atoms. The average Bonchev–Trinajstić information content (AvgIpc) is 3.13. The Kier molecular flexibility index (Phi) is 2.94. The fraction of sp³-hybridized carbons (Fsp3) is 0.0625. The Balaban J connectivity index is 1.92. The molecule has 0 saturated heterocycles. The molecule has 6 heteroatoms. The van der Waals surface area contributed by atoms with E-state index in [1.54, 1.807) is 25.6 Å². The van der Waals surface area contributed by atoms with Gasteiger partial charge in [-0.1, -0.05) is 11.6 Å². The molecule has 4 aromatic rings. The molecular weight excluding hydrogens is 302 g/mol. The van der Waals surface area contributed by atoms with Crippen LogP contribution in [0.2, 0.25) is 5.02 Å². The predicted octanol–water partition coefficient (Wildman–Crippen LogP) is 4.51. The maximum atomic E-state index is 6.23. The molecule has 0 bridgehead atoms. The van der Waals surface area contributed by atoms with Gasteiger partial charge in [0, 0.05) is 41.4 Å². The first-order valence-electron chi connectivity index (χ1n) is 6.64.